The van der Waals surface area contributed by atoms with Gasteiger partial charge in [-0.15, -0.1) is 11.3 Å². The van der Waals surface area contributed by atoms with E-state index in [0.29, 0.717) is 35.0 Å². The lowest BCUT2D eigenvalue weighted by molar-refractivity contribution is 0.102. The van der Waals surface area contributed by atoms with E-state index < -0.39 is 15.9 Å². The average molecular weight is 481 g/mol. The maximum Gasteiger partial charge on any atom is 0.274 e. The van der Waals surface area contributed by atoms with Crippen molar-refractivity contribution >= 4 is 33.0 Å². The van der Waals surface area contributed by atoms with E-state index >= 15 is 0 Å². The number of nitrogens with zero attached hydrogens (tertiary/aromatic N) is 3. The smallest absolute Gasteiger partial charge is 0.274 e. The van der Waals surface area contributed by atoms with Crippen LogP contribution in [0.15, 0.2) is 62.9 Å². The van der Waals surface area contributed by atoms with E-state index in [0.717, 1.165) is 12.1 Å². The highest BCUT2D eigenvalue weighted by molar-refractivity contribution is 7.91. The molecule has 2 bridgehead atoms. The van der Waals surface area contributed by atoms with Crippen LogP contribution in [-0.4, -0.2) is 36.3 Å². The van der Waals surface area contributed by atoms with E-state index in [1.165, 1.54) is 27.8 Å². The third-order valence-corrected chi connectivity index (χ3v) is 9.39. The molecule has 8 nitrogen and oxygen atoms in total. The lowest BCUT2D eigenvalue weighted by Crippen LogP contribution is -2.49. The second-order valence-electron chi connectivity index (χ2n) is 8.28. The van der Waals surface area contributed by atoms with Gasteiger partial charge < -0.3 is 9.88 Å². The minimum atomic E-state index is -3.55. The van der Waals surface area contributed by atoms with Crippen LogP contribution in [0.2, 0.25) is 0 Å². The number of nitriles is 1. The number of rotatable bonds is 4. The quantitative estimate of drug-likeness (QED) is 0.617. The maximum absolute atomic E-state index is 13.2. The molecule has 4 heterocycles. The zero-order valence-electron chi connectivity index (χ0n) is 17.5. The summed E-state index contributed by atoms with van der Waals surface area (Å²) in [5.41, 5.74) is 1.47. The molecule has 1 amide bonds. The lowest BCUT2D eigenvalue weighted by Gasteiger charge is -2.42. The van der Waals surface area contributed by atoms with Crippen molar-refractivity contribution in [3.63, 3.8) is 0 Å². The van der Waals surface area contributed by atoms with Crippen LogP contribution in [0.3, 0.4) is 0 Å². The summed E-state index contributed by atoms with van der Waals surface area (Å²) in [6, 6.07) is 14.9. The predicted molar refractivity (Wildman–Crippen MR) is 124 cm³/mol. The van der Waals surface area contributed by atoms with Crippen LogP contribution in [0.5, 0.6) is 0 Å². The Bertz CT molecular complexity index is 1420. The molecule has 1 N–H and O–H groups in total. The Balaban J connectivity index is 1.39. The number of carbonyl (C=O) groups is 1. The molecule has 3 aromatic rings. The Kier molecular flexibility index (Phi) is 5.40. The fraction of sp³-hybridized carbons (Fsp3) is 0.261. The van der Waals surface area contributed by atoms with Crippen molar-refractivity contribution in [1.29, 1.82) is 5.26 Å². The second-order valence-corrected chi connectivity index (χ2v) is 11.4. The van der Waals surface area contributed by atoms with Gasteiger partial charge in [0.25, 0.3) is 21.5 Å². The summed E-state index contributed by atoms with van der Waals surface area (Å²) in [4.78, 5) is 25.7. The molecule has 1 fully saturated rings. The molecular weight excluding hydrogens is 460 g/mol. The van der Waals surface area contributed by atoms with E-state index in [-0.39, 0.29) is 23.1 Å². The number of pyridine rings is 1. The number of benzene rings is 1. The molecular formula is C23H20N4O4S2. The molecule has 0 radical (unpaired) electrons. The molecule has 5 rings (SSSR count). The topological polar surface area (TPSA) is 112 Å². The minimum Gasteiger partial charge on any atom is -0.317 e. The highest BCUT2D eigenvalue weighted by Crippen LogP contribution is 2.38. The van der Waals surface area contributed by atoms with Gasteiger partial charge in [0.05, 0.1) is 11.6 Å². The molecule has 2 aliphatic rings. The predicted octanol–water partition coefficient (Wildman–Crippen LogP) is 2.84. The number of hydrogen-bond donors (Lipinski definition) is 1. The van der Waals surface area contributed by atoms with E-state index in [9.17, 15) is 18.0 Å². The van der Waals surface area contributed by atoms with E-state index in [4.69, 9.17) is 5.26 Å². The summed E-state index contributed by atoms with van der Waals surface area (Å²) in [7, 11) is -3.55. The molecule has 0 aliphatic carbocycles. The number of thiophene rings is 1. The van der Waals surface area contributed by atoms with Gasteiger partial charge in [0.1, 0.15) is 9.90 Å². The first-order chi connectivity index (χ1) is 15.9. The number of piperidine rings is 1. The molecule has 2 aliphatic heterocycles. The van der Waals surface area contributed by atoms with Gasteiger partial charge in [0.15, 0.2) is 0 Å². The Hall–Kier alpha value is -3.26. The number of aromatic nitrogens is 1. The third-order valence-electron chi connectivity index (χ3n) is 6.18. The fourth-order valence-corrected chi connectivity index (χ4v) is 7.33. The highest BCUT2D eigenvalue weighted by Gasteiger charge is 2.40. The average Bonchev–Trinajstić information content (AvgIpc) is 3.37. The third kappa shape index (κ3) is 3.88. The Morgan fingerprint density at radius 1 is 1.09 bits per heavy atom. The normalized spacial score (nSPS) is 20.0. The van der Waals surface area contributed by atoms with Crippen molar-refractivity contribution in [2.24, 2.45) is 5.92 Å². The van der Waals surface area contributed by atoms with Gasteiger partial charge in [-0.3, -0.25) is 9.59 Å². The van der Waals surface area contributed by atoms with Crippen molar-refractivity contribution in [1.82, 2.24) is 8.87 Å². The lowest BCUT2D eigenvalue weighted by atomic mass is 9.84. The van der Waals surface area contributed by atoms with Crippen LogP contribution < -0.4 is 10.9 Å². The van der Waals surface area contributed by atoms with Crippen molar-refractivity contribution in [2.75, 3.05) is 18.4 Å². The number of fused-ring (bicyclic) bond motifs is 4. The largest absolute Gasteiger partial charge is 0.317 e. The standard InChI is InChI=1S/C23H20N4O4S2/c24-11-15-3-5-17(6-4-15)22(28)25-19-7-8-20-18-10-16(13-27(20)23(19)29)12-26(14-18)33(30,31)21-2-1-9-32-21/h1-9,16,18H,10,12-14H2,(H,25,28)/t16-,18-/m1/s1. The molecule has 0 saturated carbocycles. The van der Waals surface area contributed by atoms with E-state index in [2.05, 4.69) is 5.32 Å². The first kappa shape index (κ1) is 21.6. The molecule has 10 heteroatoms. The van der Waals surface area contributed by atoms with Crippen LogP contribution in [0.4, 0.5) is 5.69 Å². The minimum absolute atomic E-state index is 0.0214. The van der Waals surface area contributed by atoms with E-state index in [1.807, 2.05) is 6.07 Å². The molecule has 1 aromatic carbocycles. The maximum atomic E-state index is 13.2. The van der Waals surface area contributed by atoms with Gasteiger partial charge in [0.2, 0.25) is 0 Å². The number of hydrogen-bond acceptors (Lipinski definition) is 6. The zero-order chi connectivity index (χ0) is 23.2. The number of carbonyl (C=O) groups excluding carboxylic acids is 1. The van der Waals surface area contributed by atoms with Crippen molar-refractivity contribution in [3.05, 3.63) is 81.1 Å². The summed E-state index contributed by atoms with van der Waals surface area (Å²) in [5, 5.41) is 13.3. The van der Waals surface area contributed by atoms with Crippen LogP contribution in [0.1, 0.15) is 34.0 Å². The van der Waals surface area contributed by atoms with Gasteiger partial charge in [-0.05, 0) is 60.2 Å². The Labute approximate surface area is 194 Å². The molecule has 168 valence electrons. The van der Waals surface area contributed by atoms with Gasteiger partial charge in [-0.2, -0.15) is 9.57 Å². The molecule has 0 spiro atoms. The van der Waals surface area contributed by atoms with Crippen molar-refractivity contribution in [3.8, 4) is 6.07 Å². The number of nitrogens with one attached hydrogen (secondary N) is 1. The summed E-state index contributed by atoms with van der Waals surface area (Å²) in [6.45, 7) is 1.10. The van der Waals surface area contributed by atoms with Gasteiger partial charge in [-0.1, -0.05) is 6.07 Å². The summed E-state index contributed by atoms with van der Waals surface area (Å²) >= 11 is 1.21. The Morgan fingerprint density at radius 2 is 1.88 bits per heavy atom. The SMILES string of the molecule is N#Cc1ccc(C(=O)Nc2ccc3n(c2=O)C[C@@H]2C[C@@H]3CN(S(=O)(=O)c3cccs3)C2)cc1. The second kappa shape index (κ2) is 8.26. The highest BCUT2D eigenvalue weighted by atomic mass is 32.2. The number of anilines is 1. The van der Waals surface area contributed by atoms with E-state index in [1.54, 1.807) is 46.3 Å². The first-order valence-electron chi connectivity index (χ1n) is 10.5. The van der Waals surface area contributed by atoms with Crippen LogP contribution in [0, 0.1) is 17.2 Å². The molecule has 33 heavy (non-hydrogen) atoms. The summed E-state index contributed by atoms with van der Waals surface area (Å²) in [6.07, 6.45) is 0.826. The molecule has 2 atom stereocenters. The first-order valence-corrected chi connectivity index (χ1v) is 12.8. The van der Waals surface area contributed by atoms with Crippen LogP contribution >= 0.6 is 11.3 Å². The van der Waals surface area contributed by atoms with Crippen molar-refractivity contribution in [2.45, 2.75) is 23.1 Å². The van der Waals surface area contributed by atoms with Gasteiger partial charge in [-0.25, -0.2) is 8.42 Å². The number of amides is 1. The molecule has 0 unspecified atom stereocenters. The number of sulfonamides is 1. The van der Waals surface area contributed by atoms with Crippen molar-refractivity contribution < 1.29 is 13.2 Å². The van der Waals surface area contributed by atoms with Crippen LogP contribution in [0.25, 0.3) is 0 Å². The monoisotopic (exact) mass is 480 g/mol. The summed E-state index contributed by atoms with van der Waals surface area (Å²) in [5.74, 6) is -0.488. The molecule has 1 saturated heterocycles. The van der Waals surface area contributed by atoms with Gasteiger partial charge in [0, 0.05) is 36.8 Å². The fourth-order valence-electron chi connectivity index (χ4n) is 4.62. The van der Waals surface area contributed by atoms with Gasteiger partial charge >= 0.3 is 0 Å². The molecule has 2 aromatic heterocycles. The Morgan fingerprint density at radius 3 is 2.58 bits per heavy atom. The van der Waals surface area contributed by atoms with Crippen LogP contribution in [-0.2, 0) is 16.6 Å². The zero-order valence-corrected chi connectivity index (χ0v) is 19.1. The summed E-state index contributed by atoms with van der Waals surface area (Å²) < 4.78 is 29.6.